The average Bonchev–Trinajstić information content (AvgIpc) is 3.17. The Labute approximate surface area is 150 Å². The summed E-state index contributed by atoms with van der Waals surface area (Å²) < 4.78 is 16.8. The summed E-state index contributed by atoms with van der Waals surface area (Å²) in [4.78, 5) is 4.13. The average molecular weight is 347 g/mol. The fourth-order valence-electron chi connectivity index (χ4n) is 2.93. The summed E-state index contributed by atoms with van der Waals surface area (Å²) in [7, 11) is 0. The summed E-state index contributed by atoms with van der Waals surface area (Å²) in [6, 6.07) is 14.8. The molecule has 0 amide bonds. The van der Waals surface area contributed by atoms with Crippen molar-refractivity contribution in [1.82, 2.24) is 14.2 Å². The van der Waals surface area contributed by atoms with Crippen molar-refractivity contribution in [3.8, 4) is 0 Å². The quantitative estimate of drug-likeness (QED) is 0.571. The maximum atomic E-state index is 13.1. The third kappa shape index (κ3) is 3.21. The molecule has 0 radical (unpaired) electrons. The molecule has 0 aliphatic heterocycles. The molecule has 26 heavy (non-hydrogen) atoms. The number of halogens is 1. The lowest BCUT2D eigenvalue weighted by atomic mass is 10.1. The Balaban J connectivity index is 1.63. The first-order valence-electron chi connectivity index (χ1n) is 8.28. The largest absolute Gasteiger partial charge is 0.368 e. The van der Waals surface area contributed by atoms with Crippen LogP contribution in [0, 0.1) is 12.7 Å². The lowest BCUT2D eigenvalue weighted by molar-refractivity contribution is 0.626. The second-order valence-corrected chi connectivity index (χ2v) is 6.22. The van der Waals surface area contributed by atoms with Gasteiger partial charge in [0, 0.05) is 18.3 Å². The second kappa shape index (κ2) is 6.48. The topological polar surface area (TPSA) is 61.1 Å². The van der Waals surface area contributed by atoms with Crippen LogP contribution in [-0.4, -0.2) is 20.4 Å². The minimum atomic E-state index is -0.223. The number of fused-ring (bicyclic) bond motifs is 1. The second-order valence-electron chi connectivity index (χ2n) is 6.22. The van der Waals surface area contributed by atoms with Gasteiger partial charge < -0.3 is 10.3 Å². The molecule has 130 valence electrons. The molecule has 0 spiro atoms. The fraction of sp³-hybridized carbons (Fsp3) is 0.100. The smallest absolute Gasteiger partial charge is 0.221 e. The Morgan fingerprint density at radius 3 is 2.69 bits per heavy atom. The minimum Gasteiger partial charge on any atom is -0.368 e. The highest BCUT2D eigenvalue weighted by molar-refractivity contribution is 5.89. The molecule has 0 aliphatic carbocycles. The summed E-state index contributed by atoms with van der Waals surface area (Å²) in [5, 5.41) is 5.51. The van der Waals surface area contributed by atoms with E-state index in [0.717, 1.165) is 27.7 Å². The van der Waals surface area contributed by atoms with Crippen molar-refractivity contribution >= 4 is 23.1 Å². The SMILES string of the molecule is Cc1cn(N=Cc2ccc3ccn(Cc4ccc(F)cc4)c3c2)c(N)n1. The Morgan fingerprint density at radius 2 is 1.96 bits per heavy atom. The third-order valence-electron chi connectivity index (χ3n) is 4.23. The number of nitrogens with zero attached hydrogens (tertiary/aromatic N) is 4. The minimum absolute atomic E-state index is 0.223. The number of imidazole rings is 1. The molecule has 0 saturated carbocycles. The van der Waals surface area contributed by atoms with Crippen LogP contribution < -0.4 is 5.73 Å². The van der Waals surface area contributed by atoms with Crippen molar-refractivity contribution in [1.29, 1.82) is 0 Å². The van der Waals surface area contributed by atoms with E-state index < -0.39 is 0 Å². The number of aromatic nitrogens is 3. The number of hydrogen-bond acceptors (Lipinski definition) is 3. The van der Waals surface area contributed by atoms with E-state index in [1.807, 2.05) is 19.2 Å². The van der Waals surface area contributed by atoms with Crippen LogP contribution in [0.1, 0.15) is 16.8 Å². The highest BCUT2D eigenvalue weighted by atomic mass is 19.1. The van der Waals surface area contributed by atoms with E-state index >= 15 is 0 Å². The number of benzene rings is 2. The maximum absolute atomic E-state index is 13.1. The van der Waals surface area contributed by atoms with Crippen molar-refractivity contribution in [2.75, 3.05) is 5.73 Å². The molecule has 2 N–H and O–H groups in total. The number of nitrogen functional groups attached to an aromatic ring is 1. The molecule has 2 heterocycles. The molecule has 4 aromatic rings. The van der Waals surface area contributed by atoms with Crippen molar-refractivity contribution in [2.24, 2.45) is 5.10 Å². The van der Waals surface area contributed by atoms with Crippen molar-refractivity contribution in [2.45, 2.75) is 13.5 Å². The molecule has 0 aliphatic rings. The summed E-state index contributed by atoms with van der Waals surface area (Å²) >= 11 is 0. The summed E-state index contributed by atoms with van der Waals surface area (Å²) in [6.45, 7) is 2.55. The van der Waals surface area contributed by atoms with Crippen LogP contribution in [0.2, 0.25) is 0 Å². The normalized spacial score (nSPS) is 11.6. The van der Waals surface area contributed by atoms with Crippen molar-refractivity contribution in [3.63, 3.8) is 0 Å². The molecule has 2 aromatic heterocycles. The number of anilines is 1. The predicted molar refractivity (Wildman–Crippen MR) is 102 cm³/mol. The summed E-state index contributed by atoms with van der Waals surface area (Å²) in [6.07, 6.45) is 5.57. The van der Waals surface area contributed by atoms with Gasteiger partial charge >= 0.3 is 0 Å². The van der Waals surface area contributed by atoms with E-state index in [0.29, 0.717) is 12.5 Å². The van der Waals surface area contributed by atoms with Crippen LogP contribution in [0.5, 0.6) is 0 Å². The lowest BCUT2D eigenvalue weighted by Gasteiger charge is -2.06. The van der Waals surface area contributed by atoms with Gasteiger partial charge in [-0.15, -0.1) is 0 Å². The van der Waals surface area contributed by atoms with E-state index in [1.165, 1.54) is 12.1 Å². The molecule has 0 bridgehead atoms. The van der Waals surface area contributed by atoms with Gasteiger partial charge in [0.05, 0.1) is 18.1 Å². The highest BCUT2D eigenvalue weighted by Crippen LogP contribution is 2.19. The Bertz CT molecular complexity index is 1090. The number of rotatable bonds is 4. The lowest BCUT2D eigenvalue weighted by Crippen LogP contribution is -1.99. The molecule has 4 rings (SSSR count). The Hall–Kier alpha value is -3.41. The van der Waals surface area contributed by atoms with Crippen LogP contribution in [-0.2, 0) is 6.54 Å². The van der Waals surface area contributed by atoms with Crippen LogP contribution >= 0.6 is 0 Å². The molecule has 2 aromatic carbocycles. The molecule has 0 saturated heterocycles. The van der Waals surface area contributed by atoms with Crippen LogP contribution in [0.4, 0.5) is 10.3 Å². The van der Waals surface area contributed by atoms with E-state index in [2.05, 4.69) is 32.9 Å². The Kier molecular flexibility index (Phi) is 4.01. The van der Waals surface area contributed by atoms with Crippen molar-refractivity contribution in [3.05, 3.63) is 83.6 Å². The first-order valence-corrected chi connectivity index (χ1v) is 8.28. The van der Waals surface area contributed by atoms with Crippen molar-refractivity contribution < 1.29 is 4.39 Å². The van der Waals surface area contributed by atoms with Gasteiger partial charge in [-0.25, -0.2) is 14.1 Å². The molecule has 0 unspecified atom stereocenters. The van der Waals surface area contributed by atoms with E-state index in [-0.39, 0.29) is 5.82 Å². The monoisotopic (exact) mass is 347 g/mol. The molecule has 5 nitrogen and oxygen atoms in total. The molecular weight excluding hydrogens is 329 g/mol. The van der Waals surface area contributed by atoms with Gasteiger partial charge in [-0.1, -0.05) is 24.3 Å². The molecule has 6 heteroatoms. The van der Waals surface area contributed by atoms with Gasteiger partial charge in [-0.05, 0) is 47.7 Å². The summed E-state index contributed by atoms with van der Waals surface area (Å²) in [5.41, 5.74) is 9.73. The zero-order valence-electron chi connectivity index (χ0n) is 14.3. The first-order chi connectivity index (χ1) is 12.6. The molecule has 0 fully saturated rings. The molecular formula is C20H18FN5. The number of nitrogens with two attached hydrogens (primary N) is 1. The van der Waals surface area contributed by atoms with Gasteiger partial charge in [-0.2, -0.15) is 5.10 Å². The Morgan fingerprint density at radius 1 is 1.15 bits per heavy atom. The van der Waals surface area contributed by atoms with Gasteiger partial charge in [0.2, 0.25) is 5.95 Å². The maximum Gasteiger partial charge on any atom is 0.221 e. The van der Waals surface area contributed by atoms with Crippen LogP contribution in [0.15, 0.2) is 66.0 Å². The van der Waals surface area contributed by atoms with Gasteiger partial charge in [0.25, 0.3) is 0 Å². The zero-order valence-corrected chi connectivity index (χ0v) is 14.3. The predicted octanol–water partition coefficient (Wildman–Crippen LogP) is 3.80. The molecule has 0 atom stereocenters. The fourth-order valence-corrected chi connectivity index (χ4v) is 2.93. The van der Waals surface area contributed by atoms with E-state index in [1.54, 1.807) is 29.2 Å². The third-order valence-corrected chi connectivity index (χ3v) is 4.23. The highest BCUT2D eigenvalue weighted by Gasteiger charge is 2.04. The van der Waals surface area contributed by atoms with Crippen LogP contribution in [0.3, 0.4) is 0 Å². The van der Waals surface area contributed by atoms with Gasteiger partial charge in [0.1, 0.15) is 5.82 Å². The number of aryl methyl sites for hydroxylation is 1. The first kappa shape index (κ1) is 16.1. The zero-order chi connectivity index (χ0) is 18.1. The van der Waals surface area contributed by atoms with E-state index in [4.69, 9.17) is 5.73 Å². The van der Waals surface area contributed by atoms with Gasteiger partial charge in [0.15, 0.2) is 0 Å². The standard InChI is InChI=1S/C20H18FN5/c1-14-12-26(20(22)24-14)23-11-16-2-5-17-8-9-25(19(17)10-16)13-15-3-6-18(21)7-4-15/h2-12H,13H2,1H3,(H2,22,24). The summed E-state index contributed by atoms with van der Waals surface area (Å²) in [5.74, 6) is 0.137. The number of hydrogen-bond donors (Lipinski definition) is 1. The van der Waals surface area contributed by atoms with Crippen LogP contribution in [0.25, 0.3) is 10.9 Å². The van der Waals surface area contributed by atoms with E-state index in [9.17, 15) is 4.39 Å². The van der Waals surface area contributed by atoms with Gasteiger partial charge in [-0.3, -0.25) is 0 Å².